The number of hydrogen-bond donors (Lipinski definition) is 3. The molecule has 0 bridgehead atoms. The van der Waals surface area contributed by atoms with Gasteiger partial charge in [-0.15, -0.1) is 0 Å². The van der Waals surface area contributed by atoms with Crippen LogP contribution >= 0.6 is 0 Å². The molecule has 0 saturated heterocycles. The van der Waals surface area contributed by atoms with Gasteiger partial charge in [-0.25, -0.2) is 9.48 Å². The van der Waals surface area contributed by atoms with Crippen LogP contribution in [0, 0.1) is 12.8 Å². The Kier molecular flexibility index (Phi) is 5.16. The first-order valence-corrected chi connectivity index (χ1v) is 7.31. The predicted molar refractivity (Wildman–Crippen MR) is 86.2 cm³/mol. The lowest BCUT2D eigenvalue weighted by Gasteiger charge is -2.15. The van der Waals surface area contributed by atoms with Crippen LogP contribution in [0.1, 0.15) is 19.5 Å². The van der Waals surface area contributed by atoms with Gasteiger partial charge in [0.25, 0.3) is 0 Å². The highest BCUT2D eigenvalue weighted by Gasteiger charge is 2.11. The van der Waals surface area contributed by atoms with Crippen molar-refractivity contribution in [1.29, 1.82) is 0 Å². The number of anilines is 1. The normalized spacial score (nSPS) is 12.2. The zero-order valence-electron chi connectivity index (χ0n) is 13.1. The molecule has 118 valence electrons. The maximum atomic E-state index is 11.8. The van der Waals surface area contributed by atoms with Crippen molar-refractivity contribution in [3.63, 3.8) is 0 Å². The minimum Gasteiger partial charge on any atom is -0.391 e. The molecule has 0 spiro atoms. The molecule has 1 atom stereocenters. The van der Waals surface area contributed by atoms with E-state index in [1.807, 2.05) is 45.0 Å². The number of nitrogens with zero attached hydrogens (tertiary/aromatic N) is 2. The first-order chi connectivity index (χ1) is 10.5. The summed E-state index contributed by atoms with van der Waals surface area (Å²) >= 11 is 0. The Morgan fingerprint density at radius 2 is 2.14 bits per heavy atom. The Bertz CT molecular complexity index is 637. The number of carbonyl (C=O) groups excluding carboxylic acids is 1. The van der Waals surface area contributed by atoms with Gasteiger partial charge in [0.15, 0.2) is 0 Å². The lowest BCUT2D eigenvalue weighted by molar-refractivity contribution is 0.126. The minimum absolute atomic E-state index is 0.103. The molecule has 0 aliphatic heterocycles. The van der Waals surface area contributed by atoms with Gasteiger partial charge in [0.1, 0.15) is 0 Å². The summed E-state index contributed by atoms with van der Waals surface area (Å²) in [6, 6.07) is 9.01. The van der Waals surface area contributed by atoms with Crippen molar-refractivity contribution >= 4 is 11.7 Å². The van der Waals surface area contributed by atoms with E-state index in [-0.39, 0.29) is 18.5 Å². The van der Waals surface area contributed by atoms with Crippen LogP contribution in [-0.4, -0.2) is 33.6 Å². The first kappa shape index (κ1) is 16.0. The van der Waals surface area contributed by atoms with Crippen LogP contribution in [0.3, 0.4) is 0 Å². The third-order valence-corrected chi connectivity index (χ3v) is 3.42. The van der Waals surface area contributed by atoms with Crippen molar-refractivity contribution in [2.45, 2.75) is 26.9 Å². The van der Waals surface area contributed by atoms with Crippen molar-refractivity contribution in [1.82, 2.24) is 15.1 Å². The number of urea groups is 1. The zero-order valence-corrected chi connectivity index (χ0v) is 13.1. The molecule has 6 heteroatoms. The summed E-state index contributed by atoms with van der Waals surface area (Å²) in [4.78, 5) is 11.8. The van der Waals surface area contributed by atoms with E-state index in [4.69, 9.17) is 0 Å². The Morgan fingerprint density at radius 1 is 1.36 bits per heavy atom. The number of aryl methyl sites for hydroxylation is 1. The molecule has 1 aromatic heterocycles. The molecular weight excluding hydrogens is 280 g/mol. The molecule has 2 aromatic rings. The van der Waals surface area contributed by atoms with E-state index in [9.17, 15) is 9.90 Å². The molecule has 0 aliphatic rings. The van der Waals surface area contributed by atoms with Crippen LogP contribution < -0.4 is 10.6 Å². The maximum absolute atomic E-state index is 11.8. The average molecular weight is 302 g/mol. The van der Waals surface area contributed by atoms with Gasteiger partial charge in [-0.3, -0.25) is 0 Å². The molecule has 0 aliphatic carbocycles. The van der Waals surface area contributed by atoms with E-state index in [0.29, 0.717) is 5.69 Å². The highest BCUT2D eigenvalue weighted by atomic mass is 16.3. The second-order valence-corrected chi connectivity index (χ2v) is 5.58. The quantitative estimate of drug-likeness (QED) is 0.793. The third kappa shape index (κ3) is 4.08. The fourth-order valence-corrected chi connectivity index (χ4v) is 1.96. The SMILES string of the molecule is Cc1ccnn1-c1cccc(NC(=O)NC[C@@H](O)C(C)C)c1. The highest BCUT2D eigenvalue weighted by molar-refractivity contribution is 5.89. The highest BCUT2D eigenvalue weighted by Crippen LogP contribution is 2.15. The average Bonchev–Trinajstić information content (AvgIpc) is 2.91. The summed E-state index contributed by atoms with van der Waals surface area (Å²) < 4.78 is 1.80. The molecule has 0 unspecified atom stereocenters. The van der Waals surface area contributed by atoms with Gasteiger partial charge in [0.05, 0.1) is 11.8 Å². The number of amides is 2. The molecule has 0 fully saturated rings. The number of nitrogens with one attached hydrogen (secondary N) is 2. The van der Waals surface area contributed by atoms with Crippen molar-refractivity contribution in [3.8, 4) is 5.69 Å². The van der Waals surface area contributed by atoms with E-state index in [1.54, 1.807) is 16.9 Å². The Balaban J connectivity index is 1.99. The second kappa shape index (κ2) is 7.09. The number of hydrogen-bond acceptors (Lipinski definition) is 3. The predicted octanol–water partition coefficient (Wildman–Crippen LogP) is 2.32. The number of aliphatic hydroxyl groups is 1. The number of benzene rings is 1. The molecule has 2 amide bonds. The lowest BCUT2D eigenvalue weighted by Crippen LogP contribution is -2.37. The van der Waals surface area contributed by atoms with Crippen molar-refractivity contribution in [3.05, 3.63) is 42.2 Å². The molecule has 0 radical (unpaired) electrons. The van der Waals surface area contributed by atoms with E-state index in [2.05, 4.69) is 15.7 Å². The van der Waals surface area contributed by atoms with Crippen LogP contribution in [-0.2, 0) is 0 Å². The summed E-state index contributed by atoms with van der Waals surface area (Å²) in [5.74, 6) is 0.103. The number of aromatic nitrogens is 2. The standard InChI is InChI=1S/C16H22N4O2/c1-11(2)15(21)10-17-16(22)19-13-5-4-6-14(9-13)20-12(3)7-8-18-20/h4-9,11,15,21H,10H2,1-3H3,(H2,17,19,22)/t15-/m1/s1. The fraction of sp³-hybridized carbons (Fsp3) is 0.375. The molecule has 2 rings (SSSR count). The lowest BCUT2D eigenvalue weighted by atomic mass is 10.1. The van der Waals surface area contributed by atoms with Crippen molar-refractivity contribution in [2.24, 2.45) is 5.92 Å². The molecule has 22 heavy (non-hydrogen) atoms. The van der Waals surface area contributed by atoms with Gasteiger partial charge >= 0.3 is 6.03 Å². The summed E-state index contributed by atoms with van der Waals surface area (Å²) in [6.45, 7) is 5.99. The Morgan fingerprint density at radius 3 is 2.77 bits per heavy atom. The minimum atomic E-state index is -0.552. The van der Waals surface area contributed by atoms with Crippen LogP contribution in [0.15, 0.2) is 36.5 Å². The maximum Gasteiger partial charge on any atom is 0.319 e. The molecule has 6 nitrogen and oxygen atoms in total. The molecule has 1 heterocycles. The van der Waals surface area contributed by atoms with Crippen LogP contribution in [0.25, 0.3) is 5.69 Å². The molecular formula is C16H22N4O2. The smallest absolute Gasteiger partial charge is 0.319 e. The molecule has 1 aromatic carbocycles. The van der Waals surface area contributed by atoms with Gasteiger partial charge in [-0.2, -0.15) is 5.10 Å². The number of rotatable bonds is 5. The van der Waals surface area contributed by atoms with E-state index in [1.165, 1.54) is 0 Å². The van der Waals surface area contributed by atoms with Gasteiger partial charge < -0.3 is 15.7 Å². The summed E-state index contributed by atoms with van der Waals surface area (Å²) in [5, 5.41) is 19.3. The third-order valence-electron chi connectivity index (χ3n) is 3.42. The molecule has 0 saturated carbocycles. The summed E-state index contributed by atoms with van der Waals surface area (Å²) in [6.07, 6.45) is 1.18. The van der Waals surface area contributed by atoms with Crippen molar-refractivity contribution in [2.75, 3.05) is 11.9 Å². The van der Waals surface area contributed by atoms with E-state index in [0.717, 1.165) is 11.4 Å². The topological polar surface area (TPSA) is 79.2 Å². The number of aliphatic hydroxyl groups excluding tert-OH is 1. The van der Waals surface area contributed by atoms with Crippen LogP contribution in [0.2, 0.25) is 0 Å². The van der Waals surface area contributed by atoms with Gasteiger partial charge in [0.2, 0.25) is 0 Å². The number of carbonyl (C=O) groups is 1. The monoisotopic (exact) mass is 302 g/mol. The Labute approximate surface area is 130 Å². The summed E-state index contributed by atoms with van der Waals surface area (Å²) in [5.41, 5.74) is 2.56. The van der Waals surface area contributed by atoms with Crippen LogP contribution in [0.4, 0.5) is 10.5 Å². The second-order valence-electron chi connectivity index (χ2n) is 5.58. The van der Waals surface area contributed by atoms with Crippen LogP contribution in [0.5, 0.6) is 0 Å². The van der Waals surface area contributed by atoms with Gasteiger partial charge in [0, 0.05) is 24.1 Å². The Hall–Kier alpha value is -2.34. The zero-order chi connectivity index (χ0) is 16.1. The van der Waals surface area contributed by atoms with Gasteiger partial charge in [-0.05, 0) is 37.1 Å². The van der Waals surface area contributed by atoms with Crippen molar-refractivity contribution < 1.29 is 9.90 Å². The first-order valence-electron chi connectivity index (χ1n) is 7.31. The van der Waals surface area contributed by atoms with Gasteiger partial charge in [-0.1, -0.05) is 19.9 Å². The molecule has 3 N–H and O–H groups in total. The summed E-state index contributed by atoms with van der Waals surface area (Å²) in [7, 11) is 0. The largest absolute Gasteiger partial charge is 0.391 e. The van der Waals surface area contributed by atoms with E-state index < -0.39 is 6.10 Å². The van der Waals surface area contributed by atoms with E-state index >= 15 is 0 Å². The fourth-order valence-electron chi connectivity index (χ4n) is 1.96.